The molecule has 0 saturated heterocycles. The van der Waals surface area contributed by atoms with Gasteiger partial charge in [0.2, 0.25) is 13.0 Å². The van der Waals surface area contributed by atoms with Crippen LogP contribution in [0.2, 0.25) is 0 Å². The zero-order valence-electron chi connectivity index (χ0n) is 32.3. The van der Waals surface area contributed by atoms with Crippen LogP contribution in [-0.2, 0) is 0 Å². The summed E-state index contributed by atoms with van der Waals surface area (Å²) in [6, 6.07) is 17.3. The Balaban J connectivity index is 1.45. The zero-order valence-corrected chi connectivity index (χ0v) is 32.3. The number of phenolic OH excluding ortho intramolecular Hbond substituents is 10. The molecule has 2 heterocycles. The summed E-state index contributed by atoms with van der Waals surface area (Å²) >= 11 is 0. The highest BCUT2D eigenvalue weighted by molar-refractivity contribution is 6.76. The first kappa shape index (κ1) is 35.8. The van der Waals surface area contributed by atoms with E-state index in [1.807, 2.05) is 50.2 Å². The molecule has 0 radical (unpaired) electrons. The fourth-order valence-electron chi connectivity index (χ4n) is 9.55. The second-order valence-electron chi connectivity index (χ2n) is 15.6. The van der Waals surface area contributed by atoms with E-state index in [9.17, 15) is 51.1 Å². The van der Waals surface area contributed by atoms with Crippen molar-refractivity contribution in [3.05, 3.63) is 82.4 Å². The highest BCUT2D eigenvalue weighted by Crippen LogP contribution is 2.60. The lowest BCUT2D eigenvalue weighted by atomic mass is 9.60. The SMILES string of the molecule is Cc1ccccc1-c1c(C)ccc2oc3cc(-c4c5c(O)c(C)c(C)c(O)c5c5c6c(c(O)c(O)c(O)c46)Bc4c(O)c(O)c(O)c6c(O)c(O)c(C)c-5c46)ccc3c12. The van der Waals surface area contributed by atoms with Crippen molar-refractivity contribution in [2.45, 2.75) is 34.6 Å². The van der Waals surface area contributed by atoms with Crippen LogP contribution in [0, 0.1) is 34.6 Å². The summed E-state index contributed by atoms with van der Waals surface area (Å²) < 4.78 is 6.53. The number of hydrogen-bond acceptors (Lipinski definition) is 11. The smallest absolute Gasteiger partial charge is 0.204 e. The summed E-state index contributed by atoms with van der Waals surface area (Å²) in [4.78, 5) is 0. The number of aryl methyl sites for hydroxylation is 2. The van der Waals surface area contributed by atoms with Crippen molar-refractivity contribution in [2.75, 3.05) is 0 Å². The lowest BCUT2D eigenvalue weighted by molar-refractivity contribution is 0.370. The van der Waals surface area contributed by atoms with Gasteiger partial charge in [-0.15, -0.1) is 0 Å². The van der Waals surface area contributed by atoms with Gasteiger partial charge in [-0.1, -0.05) is 36.4 Å². The first-order valence-corrected chi connectivity index (χ1v) is 18.8. The summed E-state index contributed by atoms with van der Waals surface area (Å²) in [5, 5.41) is 117. The number of aromatic hydroxyl groups is 10. The molecule has 1 aromatic heterocycles. The topological polar surface area (TPSA) is 215 Å². The minimum Gasteiger partial charge on any atom is -0.507 e. The Hall–Kier alpha value is -7.60. The van der Waals surface area contributed by atoms with Crippen molar-refractivity contribution in [1.82, 2.24) is 0 Å². The first-order chi connectivity index (χ1) is 28.1. The van der Waals surface area contributed by atoms with E-state index in [0.717, 1.165) is 33.0 Å². The highest BCUT2D eigenvalue weighted by atomic mass is 16.3. The van der Waals surface area contributed by atoms with E-state index in [1.54, 1.807) is 26.0 Å². The lowest BCUT2D eigenvalue weighted by Gasteiger charge is -2.25. The number of rotatable bonds is 2. The average molecular weight is 787 g/mol. The Kier molecular flexibility index (Phi) is 7.12. The van der Waals surface area contributed by atoms with Crippen LogP contribution in [0.25, 0.3) is 87.6 Å². The van der Waals surface area contributed by atoms with Crippen molar-refractivity contribution in [3.63, 3.8) is 0 Å². The number of phenols is 10. The number of benzene rings is 8. The van der Waals surface area contributed by atoms with Crippen molar-refractivity contribution in [1.29, 1.82) is 0 Å². The van der Waals surface area contributed by atoms with Crippen LogP contribution in [0.4, 0.5) is 0 Å². The lowest BCUT2D eigenvalue weighted by Crippen LogP contribution is -2.28. The van der Waals surface area contributed by atoms with Gasteiger partial charge in [0.05, 0.1) is 5.39 Å². The molecule has 0 fully saturated rings. The highest BCUT2D eigenvalue weighted by Gasteiger charge is 2.38. The molecule has 1 aliphatic heterocycles. The molecular weight excluding hydrogens is 751 g/mol. The third kappa shape index (κ3) is 4.32. The van der Waals surface area contributed by atoms with Gasteiger partial charge in [0.25, 0.3) is 0 Å². The van der Waals surface area contributed by atoms with Gasteiger partial charge in [0, 0.05) is 43.6 Å². The van der Waals surface area contributed by atoms with Gasteiger partial charge in [-0.2, -0.15) is 0 Å². The van der Waals surface area contributed by atoms with E-state index in [4.69, 9.17) is 4.42 Å². The van der Waals surface area contributed by atoms with Crippen molar-refractivity contribution in [3.8, 4) is 90.9 Å². The molecule has 0 atom stereocenters. The molecule has 8 aromatic carbocycles. The molecule has 0 unspecified atom stereocenters. The van der Waals surface area contributed by atoms with Gasteiger partial charge < -0.3 is 55.5 Å². The van der Waals surface area contributed by atoms with Crippen LogP contribution in [0.15, 0.2) is 59.0 Å². The Labute approximate surface area is 335 Å². The summed E-state index contributed by atoms with van der Waals surface area (Å²) in [6.45, 7) is 8.73. The fraction of sp³-hybridized carbons (Fsp3) is 0.106. The zero-order chi connectivity index (χ0) is 41.8. The number of furan rings is 1. The summed E-state index contributed by atoms with van der Waals surface area (Å²) in [5.41, 5.74) is 6.16. The minimum atomic E-state index is -1.01. The third-order valence-corrected chi connectivity index (χ3v) is 12.6. The van der Waals surface area contributed by atoms with Crippen LogP contribution in [0.5, 0.6) is 57.5 Å². The molecule has 12 heteroatoms. The molecule has 11 nitrogen and oxygen atoms in total. The average Bonchev–Trinajstić information content (AvgIpc) is 3.51. The van der Waals surface area contributed by atoms with Crippen LogP contribution in [0.3, 0.4) is 0 Å². The van der Waals surface area contributed by atoms with E-state index < -0.39 is 58.7 Å². The van der Waals surface area contributed by atoms with Gasteiger partial charge in [-0.05, 0) is 119 Å². The fourth-order valence-corrected chi connectivity index (χ4v) is 9.55. The quantitative estimate of drug-likeness (QED) is 0.0348. The van der Waals surface area contributed by atoms with E-state index in [-0.39, 0.29) is 77.2 Å². The molecular formula is C47H35BO11. The van der Waals surface area contributed by atoms with E-state index in [1.165, 1.54) is 6.92 Å². The van der Waals surface area contributed by atoms with E-state index in [2.05, 4.69) is 6.07 Å². The molecule has 292 valence electrons. The molecule has 0 saturated carbocycles. The van der Waals surface area contributed by atoms with Gasteiger partial charge in [0.1, 0.15) is 22.7 Å². The molecule has 1 aliphatic rings. The Morgan fingerprint density at radius 3 is 1.59 bits per heavy atom. The standard InChI is InChI=1S/C47H35BO11/c1-15-8-6-7-9-21(15)25-16(2)10-13-23-28(25)22-12-11-20(14-24(22)59-23)27-32-31-29(34-33(27)38(49)17(3)18(4)39(34)50)26-19(5)40(51)42(53)35-30(26)36(44(55)47(58)43(35)54)48-37(31)45(56)46(57)41(32)52/h6-14,48-58H,1-5H3. The second kappa shape index (κ2) is 11.7. The molecule has 10 rings (SSSR count). The Bertz CT molecular complexity index is 3460. The maximum absolute atomic E-state index is 12.3. The van der Waals surface area contributed by atoms with Crippen LogP contribution < -0.4 is 10.9 Å². The summed E-state index contributed by atoms with van der Waals surface area (Å²) in [7, 11) is -0.456. The van der Waals surface area contributed by atoms with Crippen molar-refractivity contribution >= 4 is 72.5 Å². The van der Waals surface area contributed by atoms with Gasteiger partial charge in [0.15, 0.2) is 40.2 Å². The normalized spacial score (nSPS) is 12.3. The van der Waals surface area contributed by atoms with E-state index >= 15 is 0 Å². The second-order valence-corrected chi connectivity index (χ2v) is 15.6. The number of hydrogen-bond donors (Lipinski definition) is 10. The molecule has 0 aliphatic carbocycles. The van der Waals surface area contributed by atoms with Gasteiger partial charge in [-0.3, -0.25) is 0 Å². The number of fused-ring (bicyclic) bond motifs is 6. The molecule has 10 N–H and O–H groups in total. The molecule has 0 spiro atoms. The van der Waals surface area contributed by atoms with Crippen LogP contribution in [0.1, 0.15) is 27.8 Å². The maximum Gasteiger partial charge on any atom is 0.204 e. The minimum absolute atomic E-state index is 0.00319. The Morgan fingerprint density at radius 2 is 0.949 bits per heavy atom. The van der Waals surface area contributed by atoms with Crippen LogP contribution in [-0.4, -0.2) is 58.3 Å². The van der Waals surface area contributed by atoms with Crippen molar-refractivity contribution < 1.29 is 55.5 Å². The third-order valence-electron chi connectivity index (χ3n) is 12.6. The summed E-state index contributed by atoms with van der Waals surface area (Å²) in [6.07, 6.45) is 0. The Morgan fingerprint density at radius 1 is 0.390 bits per heavy atom. The molecule has 0 amide bonds. The first-order valence-electron chi connectivity index (χ1n) is 18.8. The molecule has 59 heavy (non-hydrogen) atoms. The van der Waals surface area contributed by atoms with Crippen LogP contribution >= 0.6 is 0 Å². The molecule has 9 aromatic rings. The van der Waals surface area contributed by atoms with E-state index in [0.29, 0.717) is 22.3 Å². The largest absolute Gasteiger partial charge is 0.507 e. The maximum atomic E-state index is 12.3. The predicted octanol–water partition coefficient (Wildman–Crippen LogP) is 8.35. The predicted molar refractivity (Wildman–Crippen MR) is 229 cm³/mol. The monoisotopic (exact) mass is 786 g/mol. The summed E-state index contributed by atoms with van der Waals surface area (Å²) in [5.74, 6) is -7.41. The molecule has 0 bridgehead atoms. The van der Waals surface area contributed by atoms with Crippen molar-refractivity contribution in [2.24, 2.45) is 0 Å². The van der Waals surface area contributed by atoms with Gasteiger partial charge in [-0.25, -0.2) is 0 Å². The van der Waals surface area contributed by atoms with Gasteiger partial charge >= 0.3 is 0 Å².